The van der Waals surface area contributed by atoms with Gasteiger partial charge in [-0.3, -0.25) is 9.80 Å². The predicted octanol–water partition coefficient (Wildman–Crippen LogP) is 8.21. The standard InChI is InChI=1S/C40H44N2O2/c1-2-8-32(9-3-1)38-21-15-35-30-34(31-10-16-36(17-11-31)43-28-26-41-22-4-5-23-41)14-20-39(35)40(38)33-12-18-37(19-13-33)44-29-27-42-24-6-7-25-42/h1-3,8-14,16-20,30H,4-7,15,21-29H2. The SMILES string of the molecule is c1ccc(C2=C(c3ccc(OCCN4CCCC4)cc3)c3ccc(-c4ccc(OCCN5CCCC5)cc4)cc3CC2)cc1. The van der Waals surface area contributed by atoms with Crippen molar-refractivity contribution in [2.75, 3.05) is 52.5 Å². The average molecular weight is 585 g/mol. The largest absolute Gasteiger partial charge is 0.492 e. The van der Waals surface area contributed by atoms with Crippen molar-refractivity contribution in [1.29, 1.82) is 0 Å². The summed E-state index contributed by atoms with van der Waals surface area (Å²) in [5, 5.41) is 0. The maximum atomic E-state index is 6.14. The number of fused-ring (bicyclic) bond motifs is 1. The highest BCUT2D eigenvalue weighted by molar-refractivity contribution is 6.01. The zero-order valence-electron chi connectivity index (χ0n) is 25.8. The molecule has 7 rings (SSSR count). The first kappa shape index (κ1) is 28.9. The Hall–Kier alpha value is -3.86. The Balaban J connectivity index is 1.10. The molecule has 2 aliphatic heterocycles. The number of rotatable bonds is 11. The fraction of sp³-hybridized carbons (Fsp3) is 0.350. The fourth-order valence-corrected chi connectivity index (χ4v) is 7.09. The lowest BCUT2D eigenvalue weighted by atomic mass is 9.79. The molecule has 0 unspecified atom stereocenters. The molecule has 2 saturated heterocycles. The molecule has 4 nitrogen and oxygen atoms in total. The van der Waals surface area contributed by atoms with Crippen molar-refractivity contribution in [3.63, 3.8) is 0 Å². The molecule has 0 radical (unpaired) electrons. The van der Waals surface area contributed by atoms with Gasteiger partial charge in [-0.05, 0) is 133 Å². The summed E-state index contributed by atoms with van der Waals surface area (Å²) in [6.45, 7) is 8.36. The van der Waals surface area contributed by atoms with Crippen molar-refractivity contribution in [3.8, 4) is 22.6 Å². The van der Waals surface area contributed by atoms with Crippen LogP contribution in [0.5, 0.6) is 11.5 Å². The van der Waals surface area contributed by atoms with Crippen LogP contribution in [0.3, 0.4) is 0 Å². The van der Waals surface area contributed by atoms with Crippen molar-refractivity contribution in [3.05, 3.63) is 119 Å². The van der Waals surface area contributed by atoms with E-state index < -0.39 is 0 Å². The maximum absolute atomic E-state index is 6.14. The molecule has 2 heterocycles. The zero-order chi connectivity index (χ0) is 29.6. The van der Waals surface area contributed by atoms with Gasteiger partial charge >= 0.3 is 0 Å². The molecule has 0 bridgehead atoms. The van der Waals surface area contributed by atoms with E-state index in [1.807, 2.05) is 0 Å². The van der Waals surface area contributed by atoms with Crippen LogP contribution in [0.1, 0.15) is 54.4 Å². The number of nitrogens with zero attached hydrogens (tertiary/aromatic N) is 2. The summed E-state index contributed by atoms with van der Waals surface area (Å²) in [5.41, 5.74) is 10.6. The number of aryl methyl sites for hydroxylation is 1. The van der Waals surface area contributed by atoms with Crippen molar-refractivity contribution >= 4 is 11.1 Å². The van der Waals surface area contributed by atoms with E-state index in [0.29, 0.717) is 0 Å². The van der Waals surface area contributed by atoms with Crippen LogP contribution in [-0.4, -0.2) is 62.3 Å². The molecule has 4 aromatic carbocycles. The molecular weight excluding hydrogens is 540 g/mol. The van der Waals surface area contributed by atoms with E-state index >= 15 is 0 Å². The van der Waals surface area contributed by atoms with E-state index in [1.165, 1.54) is 96.4 Å². The first-order chi connectivity index (χ1) is 21.8. The van der Waals surface area contributed by atoms with Crippen LogP contribution in [0.2, 0.25) is 0 Å². The molecule has 0 saturated carbocycles. The quantitative estimate of drug-likeness (QED) is 0.177. The molecule has 2 fully saturated rings. The fourth-order valence-electron chi connectivity index (χ4n) is 7.09. The van der Waals surface area contributed by atoms with E-state index in [1.54, 1.807) is 0 Å². The molecule has 44 heavy (non-hydrogen) atoms. The van der Waals surface area contributed by atoms with E-state index in [-0.39, 0.29) is 0 Å². The minimum absolute atomic E-state index is 0.745. The second-order valence-electron chi connectivity index (χ2n) is 12.4. The van der Waals surface area contributed by atoms with Gasteiger partial charge in [-0.2, -0.15) is 0 Å². The molecule has 0 amide bonds. The molecule has 0 spiro atoms. The Labute approximate surface area is 262 Å². The third-order valence-corrected chi connectivity index (χ3v) is 9.52. The number of ether oxygens (including phenoxy) is 2. The topological polar surface area (TPSA) is 24.9 Å². The Morgan fingerprint density at radius 2 is 1.05 bits per heavy atom. The van der Waals surface area contributed by atoms with Gasteiger partial charge in [0, 0.05) is 13.1 Å². The van der Waals surface area contributed by atoms with Gasteiger partial charge in [0.1, 0.15) is 24.7 Å². The van der Waals surface area contributed by atoms with Crippen LogP contribution in [0.4, 0.5) is 0 Å². The highest BCUT2D eigenvalue weighted by Crippen LogP contribution is 2.42. The summed E-state index contributed by atoms with van der Waals surface area (Å²) < 4.78 is 12.2. The minimum atomic E-state index is 0.745. The Morgan fingerprint density at radius 1 is 0.500 bits per heavy atom. The zero-order valence-corrected chi connectivity index (χ0v) is 25.8. The summed E-state index contributed by atoms with van der Waals surface area (Å²) in [7, 11) is 0. The number of allylic oxidation sites excluding steroid dienone is 1. The van der Waals surface area contributed by atoms with E-state index in [4.69, 9.17) is 9.47 Å². The summed E-state index contributed by atoms with van der Waals surface area (Å²) in [4.78, 5) is 4.99. The van der Waals surface area contributed by atoms with Gasteiger partial charge in [-0.25, -0.2) is 0 Å². The van der Waals surface area contributed by atoms with Crippen LogP contribution < -0.4 is 9.47 Å². The normalized spacial score (nSPS) is 17.2. The third kappa shape index (κ3) is 6.77. The molecule has 1 aliphatic carbocycles. The van der Waals surface area contributed by atoms with E-state index in [2.05, 4.69) is 107 Å². The van der Waals surface area contributed by atoms with Gasteiger partial charge in [-0.1, -0.05) is 72.8 Å². The molecular formula is C40H44N2O2. The van der Waals surface area contributed by atoms with Crippen LogP contribution in [0.15, 0.2) is 97.1 Å². The van der Waals surface area contributed by atoms with Crippen LogP contribution in [0.25, 0.3) is 22.3 Å². The Kier molecular flexibility index (Phi) is 9.09. The van der Waals surface area contributed by atoms with Crippen LogP contribution in [-0.2, 0) is 6.42 Å². The first-order valence-electron chi connectivity index (χ1n) is 16.6. The highest BCUT2D eigenvalue weighted by Gasteiger charge is 2.22. The summed E-state index contributed by atoms with van der Waals surface area (Å²) in [6, 6.07) is 35.3. The maximum Gasteiger partial charge on any atom is 0.119 e. The van der Waals surface area contributed by atoms with Crippen LogP contribution >= 0.6 is 0 Å². The van der Waals surface area contributed by atoms with Gasteiger partial charge in [0.15, 0.2) is 0 Å². The first-order valence-corrected chi connectivity index (χ1v) is 16.6. The number of likely N-dealkylation sites (tertiary alicyclic amines) is 2. The van der Waals surface area contributed by atoms with Crippen molar-refractivity contribution in [2.45, 2.75) is 38.5 Å². The molecule has 0 atom stereocenters. The summed E-state index contributed by atoms with van der Waals surface area (Å²) >= 11 is 0. The van der Waals surface area contributed by atoms with Crippen molar-refractivity contribution in [1.82, 2.24) is 9.80 Å². The minimum Gasteiger partial charge on any atom is -0.492 e. The lowest BCUT2D eigenvalue weighted by Gasteiger charge is -2.25. The smallest absolute Gasteiger partial charge is 0.119 e. The van der Waals surface area contributed by atoms with Crippen molar-refractivity contribution in [2.24, 2.45) is 0 Å². The Bertz CT molecular complexity index is 1550. The lowest BCUT2D eigenvalue weighted by molar-refractivity contribution is 0.237. The monoisotopic (exact) mass is 584 g/mol. The van der Waals surface area contributed by atoms with Gasteiger partial charge in [0.2, 0.25) is 0 Å². The second-order valence-corrected chi connectivity index (χ2v) is 12.4. The molecule has 4 heteroatoms. The molecule has 0 N–H and O–H groups in total. The summed E-state index contributed by atoms with van der Waals surface area (Å²) in [6.07, 6.45) is 7.33. The highest BCUT2D eigenvalue weighted by atomic mass is 16.5. The van der Waals surface area contributed by atoms with E-state index in [0.717, 1.165) is 50.6 Å². The lowest BCUT2D eigenvalue weighted by Crippen LogP contribution is -2.25. The average Bonchev–Trinajstić information content (AvgIpc) is 3.80. The van der Waals surface area contributed by atoms with Crippen molar-refractivity contribution < 1.29 is 9.47 Å². The molecule has 0 aromatic heterocycles. The van der Waals surface area contributed by atoms with Gasteiger partial charge < -0.3 is 9.47 Å². The Morgan fingerprint density at radius 3 is 1.64 bits per heavy atom. The second kappa shape index (κ2) is 13.8. The predicted molar refractivity (Wildman–Crippen MR) is 181 cm³/mol. The molecule has 226 valence electrons. The molecule has 3 aliphatic rings. The van der Waals surface area contributed by atoms with Gasteiger partial charge in [0.25, 0.3) is 0 Å². The van der Waals surface area contributed by atoms with Crippen LogP contribution in [0, 0.1) is 0 Å². The number of benzene rings is 4. The van der Waals surface area contributed by atoms with Gasteiger partial charge in [0.05, 0.1) is 0 Å². The molecule has 4 aromatic rings. The van der Waals surface area contributed by atoms with E-state index in [9.17, 15) is 0 Å². The third-order valence-electron chi connectivity index (χ3n) is 9.52. The summed E-state index contributed by atoms with van der Waals surface area (Å²) in [5.74, 6) is 1.90. The number of hydrogen-bond acceptors (Lipinski definition) is 4. The van der Waals surface area contributed by atoms with Gasteiger partial charge in [-0.15, -0.1) is 0 Å². The number of hydrogen-bond donors (Lipinski definition) is 0.